The van der Waals surface area contributed by atoms with E-state index in [0.717, 1.165) is 5.56 Å². The summed E-state index contributed by atoms with van der Waals surface area (Å²) in [6.07, 6.45) is 3.01. The van der Waals surface area contributed by atoms with Crippen LogP contribution in [0.2, 0.25) is 0 Å². The fourth-order valence-corrected chi connectivity index (χ4v) is 1.49. The molecule has 0 fully saturated rings. The Morgan fingerprint density at radius 2 is 1.84 bits per heavy atom. The molecule has 1 aromatic carbocycles. The lowest BCUT2D eigenvalue weighted by Crippen LogP contribution is -2.08. The van der Waals surface area contributed by atoms with Crippen LogP contribution in [0.15, 0.2) is 60.5 Å². The van der Waals surface area contributed by atoms with E-state index in [4.69, 9.17) is 15.2 Å². The van der Waals surface area contributed by atoms with Crippen LogP contribution in [-0.2, 0) is 14.3 Å². The van der Waals surface area contributed by atoms with E-state index in [1.54, 1.807) is 6.08 Å². The fraction of sp³-hybridized carbons (Fsp3) is 0.133. The standard InChI is InChI=1S/C15H17NO3/c1-11(18-2)14(15(17)19-3)9-13(10-16)12-7-5-4-6-8-12/h4-10H,1,16H2,2-3H3/b13-10+,14-9+. The SMILES string of the molecule is C=C(OC)/C(=C\C(=C/N)c1ccccc1)C(=O)OC. The molecule has 0 amide bonds. The molecule has 0 atom stereocenters. The van der Waals surface area contributed by atoms with Gasteiger partial charge in [0.15, 0.2) is 0 Å². The second-order valence-corrected chi connectivity index (χ2v) is 3.66. The van der Waals surface area contributed by atoms with E-state index in [-0.39, 0.29) is 11.3 Å². The van der Waals surface area contributed by atoms with E-state index in [1.807, 2.05) is 30.3 Å². The second kappa shape index (κ2) is 7.06. The van der Waals surface area contributed by atoms with Crippen molar-refractivity contribution in [3.63, 3.8) is 0 Å². The summed E-state index contributed by atoms with van der Waals surface area (Å²) in [6, 6.07) is 9.45. The van der Waals surface area contributed by atoms with Gasteiger partial charge in [0.05, 0.1) is 14.2 Å². The smallest absolute Gasteiger partial charge is 0.341 e. The van der Waals surface area contributed by atoms with Gasteiger partial charge in [-0.2, -0.15) is 0 Å². The maximum absolute atomic E-state index is 11.7. The van der Waals surface area contributed by atoms with Crippen LogP contribution in [-0.4, -0.2) is 20.2 Å². The molecule has 4 nitrogen and oxygen atoms in total. The Bertz CT molecular complexity index is 497. The second-order valence-electron chi connectivity index (χ2n) is 3.66. The molecule has 100 valence electrons. The summed E-state index contributed by atoms with van der Waals surface area (Å²) in [5.74, 6) is -0.302. The average Bonchev–Trinajstić information content (AvgIpc) is 2.48. The number of benzene rings is 1. The molecule has 0 spiro atoms. The van der Waals surface area contributed by atoms with Gasteiger partial charge in [-0.25, -0.2) is 4.79 Å². The number of allylic oxidation sites excluding steroid dienone is 2. The van der Waals surface area contributed by atoms with E-state index in [0.29, 0.717) is 5.57 Å². The number of hydrogen-bond donors (Lipinski definition) is 1. The highest BCUT2D eigenvalue weighted by atomic mass is 16.5. The lowest BCUT2D eigenvalue weighted by atomic mass is 10.0. The molecule has 4 heteroatoms. The van der Waals surface area contributed by atoms with Gasteiger partial charge in [0.25, 0.3) is 0 Å². The first kappa shape index (κ1) is 14.6. The molecular formula is C15H17NO3. The molecular weight excluding hydrogens is 242 g/mol. The molecule has 0 aliphatic carbocycles. The highest BCUT2D eigenvalue weighted by Gasteiger charge is 2.15. The van der Waals surface area contributed by atoms with Crippen molar-refractivity contribution in [2.75, 3.05) is 14.2 Å². The first-order chi connectivity index (χ1) is 9.13. The van der Waals surface area contributed by atoms with E-state index in [9.17, 15) is 4.79 Å². The minimum absolute atomic E-state index is 0.224. The Kier molecular flexibility index (Phi) is 5.41. The predicted octanol–water partition coefficient (Wildman–Crippen LogP) is 2.25. The highest BCUT2D eigenvalue weighted by Crippen LogP contribution is 2.20. The molecule has 1 aromatic rings. The molecule has 0 bridgehead atoms. The Labute approximate surface area is 112 Å². The number of carbonyl (C=O) groups excluding carboxylic acids is 1. The first-order valence-corrected chi connectivity index (χ1v) is 5.64. The van der Waals surface area contributed by atoms with Gasteiger partial charge < -0.3 is 15.2 Å². The minimum atomic E-state index is -0.526. The number of ether oxygens (including phenoxy) is 2. The van der Waals surface area contributed by atoms with Crippen LogP contribution in [0.5, 0.6) is 0 Å². The topological polar surface area (TPSA) is 61.5 Å². The molecule has 1 rings (SSSR count). The molecule has 19 heavy (non-hydrogen) atoms. The number of esters is 1. The average molecular weight is 259 g/mol. The monoisotopic (exact) mass is 259 g/mol. The van der Waals surface area contributed by atoms with Gasteiger partial charge in [0, 0.05) is 6.20 Å². The van der Waals surface area contributed by atoms with Gasteiger partial charge in [-0.3, -0.25) is 0 Å². The van der Waals surface area contributed by atoms with E-state index in [1.165, 1.54) is 20.4 Å². The molecule has 2 N–H and O–H groups in total. The summed E-state index contributed by atoms with van der Waals surface area (Å²) in [5.41, 5.74) is 7.40. The number of carbonyl (C=O) groups is 1. The van der Waals surface area contributed by atoms with Gasteiger partial charge >= 0.3 is 5.97 Å². The van der Waals surface area contributed by atoms with Crippen molar-refractivity contribution >= 4 is 11.5 Å². The van der Waals surface area contributed by atoms with Crippen molar-refractivity contribution in [3.05, 3.63) is 66.1 Å². The van der Waals surface area contributed by atoms with E-state index >= 15 is 0 Å². The molecule has 0 aromatic heterocycles. The third-order valence-electron chi connectivity index (χ3n) is 2.54. The first-order valence-electron chi connectivity index (χ1n) is 5.64. The maximum Gasteiger partial charge on any atom is 0.341 e. The van der Waals surface area contributed by atoms with Gasteiger partial charge in [-0.15, -0.1) is 0 Å². The Hall–Kier alpha value is -2.49. The molecule has 0 unspecified atom stereocenters. The van der Waals surface area contributed by atoms with Crippen LogP contribution in [0.1, 0.15) is 5.56 Å². The van der Waals surface area contributed by atoms with Crippen LogP contribution in [0, 0.1) is 0 Å². The number of rotatable bonds is 5. The third kappa shape index (κ3) is 3.74. The van der Waals surface area contributed by atoms with Crippen molar-refractivity contribution < 1.29 is 14.3 Å². The van der Waals surface area contributed by atoms with Crippen molar-refractivity contribution in [3.8, 4) is 0 Å². The van der Waals surface area contributed by atoms with Gasteiger partial charge in [-0.05, 0) is 17.2 Å². The normalized spacial score (nSPS) is 11.9. The summed E-state index contributed by atoms with van der Waals surface area (Å²) in [5, 5.41) is 0. The number of nitrogens with two attached hydrogens (primary N) is 1. The molecule has 0 heterocycles. The lowest BCUT2D eigenvalue weighted by Gasteiger charge is -2.09. The van der Waals surface area contributed by atoms with Crippen LogP contribution in [0.3, 0.4) is 0 Å². The van der Waals surface area contributed by atoms with Gasteiger partial charge in [-0.1, -0.05) is 36.9 Å². The van der Waals surface area contributed by atoms with Gasteiger partial charge in [0.1, 0.15) is 11.3 Å². The van der Waals surface area contributed by atoms with E-state index in [2.05, 4.69) is 6.58 Å². The van der Waals surface area contributed by atoms with Crippen molar-refractivity contribution in [1.82, 2.24) is 0 Å². The molecule has 0 aliphatic rings. The molecule has 0 radical (unpaired) electrons. The quantitative estimate of drug-likeness (QED) is 0.381. The van der Waals surface area contributed by atoms with Crippen molar-refractivity contribution in [2.45, 2.75) is 0 Å². The van der Waals surface area contributed by atoms with Crippen LogP contribution in [0.4, 0.5) is 0 Å². The van der Waals surface area contributed by atoms with E-state index < -0.39 is 5.97 Å². The Morgan fingerprint density at radius 1 is 1.21 bits per heavy atom. The molecule has 0 saturated carbocycles. The molecule has 0 saturated heterocycles. The predicted molar refractivity (Wildman–Crippen MR) is 74.9 cm³/mol. The number of hydrogen-bond acceptors (Lipinski definition) is 4. The minimum Gasteiger partial charge on any atom is -0.496 e. The van der Waals surface area contributed by atoms with Crippen LogP contribution in [0.25, 0.3) is 5.57 Å². The summed E-state index contributed by atoms with van der Waals surface area (Å²) >= 11 is 0. The van der Waals surface area contributed by atoms with Crippen LogP contribution < -0.4 is 5.73 Å². The summed E-state index contributed by atoms with van der Waals surface area (Å²) in [4.78, 5) is 11.7. The zero-order valence-electron chi connectivity index (χ0n) is 11.1. The molecule has 0 aliphatic heterocycles. The fourth-order valence-electron chi connectivity index (χ4n) is 1.49. The Balaban J connectivity index is 3.20. The largest absolute Gasteiger partial charge is 0.496 e. The van der Waals surface area contributed by atoms with Gasteiger partial charge in [0.2, 0.25) is 0 Å². The zero-order chi connectivity index (χ0) is 14.3. The Morgan fingerprint density at radius 3 is 2.32 bits per heavy atom. The zero-order valence-corrected chi connectivity index (χ0v) is 11.1. The van der Waals surface area contributed by atoms with Crippen LogP contribution >= 0.6 is 0 Å². The summed E-state index contributed by atoms with van der Waals surface area (Å²) in [6.45, 7) is 3.66. The highest BCUT2D eigenvalue weighted by molar-refractivity contribution is 5.96. The van der Waals surface area contributed by atoms with Crippen molar-refractivity contribution in [2.24, 2.45) is 5.73 Å². The maximum atomic E-state index is 11.7. The summed E-state index contributed by atoms with van der Waals surface area (Å²) in [7, 11) is 2.74. The summed E-state index contributed by atoms with van der Waals surface area (Å²) < 4.78 is 9.69. The number of methoxy groups -OCH3 is 2. The van der Waals surface area contributed by atoms with Crippen molar-refractivity contribution in [1.29, 1.82) is 0 Å². The lowest BCUT2D eigenvalue weighted by molar-refractivity contribution is -0.136. The third-order valence-corrected chi connectivity index (χ3v) is 2.54.